The second-order valence-corrected chi connectivity index (χ2v) is 7.42. The fraction of sp³-hybridized carbons (Fsp3) is 0.643. The number of nitrogens with zero attached hydrogens (tertiary/aromatic N) is 4. The zero-order chi connectivity index (χ0) is 15.6. The molecule has 1 amide bonds. The number of carbonyl (C=O) groups is 1. The highest BCUT2D eigenvalue weighted by atomic mass is 127. The van der Waals surface area contributed by atoms with Crippen LogP contribution in [0.1, 0.15) is 27.7 Å². The molecule has 1 fully saturated rings. The Balaban J connectivity index is 1.99. The molecule has 116 valence electrons. The van der Waals surface area contributed by atoms with E-state index in [1.165, 1.54) is 0 Å². The van der Waals surface area contributed by atoms with Gasteiger partial charge in [0, 0.05) is 41.6 Å². The van der Waals surface area contributed by atoms with Crippen LogP contribution >= 0.6 is 22.6 Å². The van der Waals surface area contributed by atoms with Crippen LogP contribution < -0.4 is 4.90 Å². The number of hydrogen-bond donors (Lipinski definition) is 0. The van der Waals surface area contributed by atoms with Gasteiger partial charge in [-0.15, -0.1) is 0 Å². The maximum Gasteiger partial charge on any atom is 0.410 e. The molecule has 0 aromatic carbocycles. The Bertz CT molecular complexity index is 501. The van der Waals surface area contributed by atoms with Crippen LogP contribution in [0.25, 0.3) is 0 Å². The maximum atomic E-state index is 12.2. The summed E-state index contributed by atoms with van der Waals surface area (Å²) in [6.07, 6.45) is 3.35. The Morgan fingerprint density at radius 2 is 1.95 bits per heavy atom. The Morgan fingerprint density at radius 3 is 2.48 bits per heavy atom. The summed E-state index contributed by atoms with van der Waals surface area (Å²) in [4.78, 5) is 24.7. The zero-order valence-corrected chi connectivity index (χ0v) is 15.0. The second kappa shape index (κ2) is 6.33. The lowest BCUT2D eigenvalue weighted by molar-refractivity contribution is 0.0158. The topological polar surface area (TPSA) is 58.6 Å². The molecule has 1 aliphatic heterocycles. The van der Waals surface area contributed by atoms with Crippen molar-refractivity contribution in [1.29, 1.82) is 0 Å². The van der Waals surface area contributed by atoms with Crippen molar-refractivity contribution in [2.45, 2.75) is 39.3 Å². The van der Waals surface area contributed by atoms with Crippen LogP contribution in [0.4, 0.5) is 10.7 Å². The smallest absolute Gasteiger partial charge is 0.410 e. The molecule has 1 aliphatic rings. The van der Waals surface area contributed by atoms with Gasteiger partial charge in [0.2, 0.25) is 5.95 Å². The van der Waals surface area contributed by atoms with Gasteiger partial charge >= 0.3 is 6.09 Å². The molecular formula is C14H21IN4O2. The summed E-state index contributed by atoms with van der Waals surface area (Å²) < 4.78 is 6.45. The lowest BCUT2D eigenvalue weighted by atomic mass is 10.2. The van der Waals surface area contributed by atoms with Gasteiger partial charge < -0.3 is 14.5 Å². The van der Waals surface area contributed by atoms with Crippen LogP contribution in [-0.2, 0) is 4.74 Å². The second-order valence-electron chi connectivity index (χ2n) is 6.17. The minimum atomic E-state index is -0.465. The molecule has 6 nitrogen and oxygen atoms in total. The first-order valence-electron chi connectivity index (χ1n) is 6.98. The lowest BCUT2D eigenvalue weighted by Crippen LogP contribution is -2.55. The third-order valence-electron chi connectivity index (χ3n) is 3.15. The zero-order valence-electron chi connectivity index (χ0n) is 12.8. The molecule has 2 rings (SSSR count). The molecule has 21 heavy (non-hydrogen) atoms. The predicted molar refractivity (Wildman–Crippen MR) is 89.4 cm³/mol. The SMILES string of the molecule is C[C@@H]1CN(c2ncc(I)cn2)CCN1C(=O)OC(C)(C)C. The van der Waals surface area contributed by atoms with Crippen molar-refractivity contribution in [2.75, 3.05) is 24.5 Å². The molecule has 0 radical (unpaired) electrons. The summed E-state index contributed by atoms with van der Waals surface area (Å²) in [7, 11) is 0. The highest BCUT2D eigenvalue weighted by Gasteiger charge is 2.31. The molecule has 0 aliphatic carbocycles. The number of rotatable bonds is 1. The molecule has 0 saturated carbocycles. The average molecular weight is 404 g/mol. The van der Waals surface area contributed by atoms with Crippen molar-refractivity contribution in [3.63, 3.8) is 0 Å². The summed E-state index contributed by atoms with van der Waals surface area (Å²) in [5, 5.41) is 0. The Hall–Kier alpha value is -1.12. The minimum Gasteiger partial charge on any atom is -0.444 e. The van der Waals surface area contributed by atoms with Crippen LogP contribution in [0, 0.1) is 3.57 Å². The maximum absolute atomic E-state index is 12.2. The van der Waals surface area contributed by atoms with E-state index in [2.05, 4.69) is 37.5 Å². The summed E-state index contributed by atoms with van der Waals surface area (Å²) in [6, 6.07) is 0.0662. The van der Waals surface area contributed by atoms with Gasteiger partial charge in [0.15, 0.2) is 0 Å². The third kappa shape index (κ3) is 4.42. The molecule has 0 N–H and O–H groups in total. The van der Waals surface area contributed by atoms with E-state index in [-0.39, 0.29) is 12.1 Å². The van der Waals surface area contributed by atoms with Crippen molar-refractivity contribution in [2.24, 2.45) is 0 Å². The van der Waals surface area contributed by atoms with Crippen LogP contribution in [0.5, 0.6) is 0 Å². The van der Waals surface area contributed by atoms with Crippen molar-refractivity contribution in [3.8, 4) is 0 Å². The monoisotopic (exact) mass is 404 g/mol. The summed E-state index contributed by atoms with van der Waals surface area (Å²) >= 11 is 2.18. The van der Waals surface area contributed by atoms with Crippen molar-refractivity contribution < 1.29 is 9.53 Å². The van der Waals surface area contributed by atoms with E-state index in [1.807, 2.05) is 27.7 Å². The van der Waals surface area contributed by atoms with Crippen molar-refractivity contribution in [1.82, 2.24) is 14.9 Å². The van der Waals surface area contributed by atoms with E-state index < -0.39 is 5.60 Å². The van der Waals surface area contributed by atoms with Gasteiger partial charge in [0.1, 0.15) is 5.60 Å². The van der Waals surface area contributed by atoms with Crippen LogP contribution in [0.3, 0.4) is 0 Å². The molecule has 7 heteroatoms. The average Bonchev–Trinajstić information content (AvgIpc) is 2.37. The lowest BCUT2D eigenvalue weighted by Gasteiger charge is -2.40. The van der Waals surface area contributed by atoms with Gasteiger partial charge in [-0.25, -0.2) is 14.8 Å². The molecule has 0 spiro atoms. The Morgan fingerprint density at radius 1 is 1.33 bits per heavy atom. The quantitative estimate of drug-likeness (QED) is 0.674. The first kappa shape index (κ1) is 16.3. The molecule has 0 bridgehead atoms. The highest BCUT2D eigenvalue weighted by molar-refractivity contribution is 14.1. The van der Waals surface area contributed by atoms with Gasteiger partial charge in [-0.2, -0.15) is 0 Å². The predicted octanol–water partition coefficient (Wildman–Crippen LogP) is 2.53. The third-order valence-corrected chi connectivity index (χ3v) is 3.70. The number of halogens is 1. The molecule has 1 aromatic heterocycles. The van der Waals surface area contributed by atoms with Crippen molar-refractivity contribution in [3.05, 3.63) is 16.0 Å². The van der Waals surface area contributed by atoms with Gasteiger partial charge in [-0.3, -0.25) is 0 Å². The molecule has 1 aromatic rings. The number of amides is 1. The Labute approximate surface area is 139 Å². The first-order chi connectivity index (χ1) is 9.76. The molecule has 1 saturated heterocycles. The van der Waals surface area contributed by atoms with E-state index in [0.717, 1.165) is 3.57 Å². The van der Waals surface area contributed by atoms with E-state index in [0.29, 0.717) is 25.6 Å². The fourth-order valence-electron chi connectivity index (χ4n) is 2.20. The standard InChI is InChI=1S/C14H21IN4O2/c1-10-9-18(12-16-7-11(15)8-17-12)5-6-19(10)13(20)21-14(2,3)4/h7-8,10H,5-6,9H2,1-4H3/t10-/m1/s1. The summed E-state index contributed by atoms with van der Waals surface area (Å²) in [6.45, 7) is 9.69. The van der Waals surface area contributed by atoms with Gasteiger partial charge in [0.05, 0.1) is 0 Å². The number of ether oxygens (including phenoxy) is 1. The molecule has 0 unspecified atom stereocenters. The van der Waals surface area contributed by atoms with Crippen LogP contribution in [0.15, 0.2) is 12.4 Å². The number of carbonyl (C=O) groups excluding carboxylic acids is 1. The molecular weight excluding hydrogens is 383 g/mol. The van der Waals surface area contributed by atoms with Gasteiger partial charge in [0.25, 0.3) is 0 Å². The molecule has 1 atom stereocenters. The van der Waals surface area contributed by atoms with E-state index in [9.17, 15) is 4.79 Å². The van der Waals surface area contributed by atoms with Crippen LogP contribution in [-0.4, -0.2) is 52.2 Å². The fourth-order valence-corrected chi connectivity index (χ4v) is 2.48. The van der Waals surface area contributed by atoms with E-state index in [1.54, 1.807) is 17.3 Å². The summed E-state index contributed by atoms with van der Waals surface area (Å²) in [5.41, 5.74) is -0.465. The van der Waals surface area contributed by atoms with Gasteiger partial charge in [-0.1, -0.05) is 0 Å². The van der Waals surface area contributed by atoms with Crippen molar-refractivity contribution >= 4 is 34.6 Å². The Kier molecular flexibility index (Phi) is 4.90. The highest BCUT2D eigenvalue weighted by Crippen LogP contribution is 2.18. The minimum absolute atomic E-state index is 0.0662. The largest absolute Gasteiger partial charge is 0.444 e. The van der Waals surface area contributed by atoms with E-state index in [4.69, 9.17) is 4.74 Å². The normalized spacial score (nSPS) is 19.6. The first-order valence-corrected chi connectivity index (χ1v) is 8.06. The van der Waals surface area contributed by atoms with Crippen LogP contribution in [0.2, 0.25) is 0 Å². The van der Waals surface area contributed by atoms with Gasteiger partial charge in [-0.05, 0) is 50.3 Å². The summed E-state index contributed by atoms with van der Waals surface area (Å²) in [5.74, 6) is 0.714. The number of aromatic nitrogens is 2. The van der Waals surface area contributed by atoms with E-state index >= 15 is 0 Å². The number of piperazine rings is 1. The molecule has 2 heterocycles. The number of anilines is 1. The number of hydrogen-bond acceptors (Lipinski definition) is 5.